The molecule has 1 aromatic rings. The molecule has 0 spiro atoms. The second-order valence-electron chi connectivity index (χ2n) is 6.00. The highest BCUT2D eigenvalue weighted by atomic mass is 16.4. The summed E-state index contributed by atoms with van der Waals surface area (Å²) in [7, 11) is 0. The number of carbonyl (C=O) groups is 2. The second kappa shape index (κ2) is 5.76. The lowest BCUT2D eigenvalue weighted by atomic mass is 9.71. The molecule has 114 valence electrons. The number of aromatic hydroxyl groups is 1. The highest BCUT2D eigenvalue weighted by Crippen LogP contribution is 2.36. The number of aliphatic carboxylic acids is 1. The van der Waals surface area contributed by atoms with Crippen LogP contribution in [0.15, 0.2) is 18.2 Å². The third kappa shape index (κ3) is 3.01. The summed E-state index contributed by atoms with van der Waals surface area (Å²) in [6.07, 6.45) is 3.03. The van der Waals surface area contributed by atoms with Crippen molar-refractivity contribution < 1.29 is 19.8 Å². The summed E-state index contributed by atoms with van der Waals surface area (Å²) in [6, 6.07) is 4.25. The van der Waals surface area contributed by atoms with Crippen LogP contribution in [0.25, 0.3) is 0 Å². The molecule has 2 unspecified atom stereocenters. The summed E-state index contributed by atoms with van der Waals surface area (Å²) < 4.78 is 0. The first-order valence-electron chi connectivity index (χ1n) is 7.18. The van der Waals surface area contributed by atoms with Crippen molar-refractivity contribution >= 4 is 11.9 Å². The van der Waals surface area contributed by atoms with Crippen molar-refractivity contribution in [2.75, 3.05) is 0 Å². The lowest BCUT2D eigenvalue weighted by Gasteiger charge is -2.38. The third-order valence-corrected chi connectivity index (χ3v) is 4.46. The molecule has 21 heavy (non-hydrogen) atoms. The number of phenols is 1. The van der Waals surface area contributed by atoms with Gasteiger partial charge in [0.1, 0.15) is 5.75 Å². The lowest BCUT2D eigenvalue weighted by Crippen LogP contribution is -2.52. The van der Waals surface area contributed by atoms with E-state index < -0.39 is 11.4 Å². The van der Waals surface area contributed by atoms with E-state index in [0.717, 1.165) is 12.8 Å². The largest absolute Gasteiger partial charge is 0.508 e. The van der Waals surface area contributed by atoms with Crippen LogP contribution in [0.2, 0.25) is 0 Å². The molecule has 1 fully saturated rings. The quantitative estimate of drug-likeness (QED) is 0.798. The molecule has 1 amide bonds. The number of aryl methyl sites for hydroxylation is 1. The van der Waals surface area contributed by atoms with Crippen LogP contribution >= 0.6 is 0 Å². The van der Waals surface area contributed by atoms with Gasteiger partial charge in [0.05, 0.1) is 5.41 Å². The van der Waals surface area contributed by atoms with Crippen molar-refractivity contribution in [1.29, 1.82) is 0 Å². The van der Waals surface area contributed by atoms with Crippen LogP contribution in [-0.2, 0) is 4.79 Å². The number of hydrogen-bond donors (Lipinski definition) is 3. The summed E-state index contributed by atoms with van der Waals surface area (Å²) in [6.45, 7) is 3.41. The van der Waals surface area contributed by atoms with E-state index in [1.54, 1.807) is 26.0 Å². The van der Waals surface area contributed by atoms with Gasteiger partial charge in [-0.1, -0.05) is 12.8 Å². The number of phenolic OH excluding ortho intramolecular Hbond substituents is 1. The molecule has 3 N–H and O–H groups in total. The number of hydrogen-bond acceptors (Lipinski definition) is 3. The standard InChI is InChI=1S/C16H21NO4/c1-10-9-11(6-7-12(10)18)14(19)17-13-5-3-4-8-16(13,2)15(20)21/h6-7,9,13,18H,3-5,8H2,1-2H3,(H,17,19)(H,20,21). The Balaban J connectivity index is 2.17. The van der Waals surface area contributed by atoms with Gasteiger partial charge >= 0.3 is 5.97 Å². The van der Waals surface area contributed by atoms with E-state index in [9.17, 15) is 19.8 Å². The van der Waals surface area contributed by atoms with E-state index >= 15 is 0 Å². The maximum Gasteiger partial charge on any atom is 0.311 e. The first kappa shape index (κ1) is 15.4. The molecule has 5 nitrogen and oxygen atoms in total. The Morgan fingerprint density at radius 2 is 2.05 bits per heavy atom. The molecule has 2 atom stereocenters. The Labute approximate surface area is 124 Å². The molecular weight excluding hydrogens is 270 g/mol. The summed E-state index contributed by atoms with van der Waals surface area (Å²) in [5.74, 6) is -1.02. The number of carboxylic acids is 1. The van der Waals surface area contributed by atoms with Gasteiger partial charge in [-0.3, -0.25) is 9.59 Å². The maximum atomic E-state index is 12.3. The van der Waals surface area contributed by atoms with Crippen LogP contribution in [0.5, 0.6) is 5.75 Å². The van der Waals surface area contributed by atoms with Crippen molar-refractivity contribution in [2.45, 2.75) is 45.6 Å². The predicted octanol–water partition coefficient (Wildman–Crippen LogP) is 2.46. The second-order valence-corrected chi connectivity index (χ2v) is 6.00. The fourth-order valence-corrected chi connectivity index (χ4v) is 2.86. The Hall–Kier alpha value is -2.04. The SMILES string of the molecule is Cc1cc(C(=O)NC2CCCCC2(C)C(=O)O)ccc1O. The average molecular weight is 291 g/mol. The smallest absolute Gasteiger partial charge is 0.311 e. The van der Waals surface area contributed by atoms with Gasteiger partial charge in [0.25, 0.3) is 5.91 Å². The van der Waals surface area contributed by atoms with Gasteiger partial charge in [0.15, 0.2) is 0 Å². The van der Waals surface area contributed by atoms with Gasteiger partial charge in [0, 0.05) is 11.6 Å². The van der Waals surface area contributed by atoms with Crippen LogP contribution in [-0.4, -0.2) is 28.1 Å². The Morgan fingerprint density at radius 1 is 1.33 bits per heavy atom. The van der Waals surface area contributed by atoms with Crippen molar-refractivity contribution in [3.05, 3.63) is 29.3 Å². The molecular formula is C16H21NO4. The normalized spacial score (nSPS) is 25.3. The molecule has 0 saturated heterocycles. The van der Waals surface area contributed by atoms with E-state index in [1.165, 1.54) is 6.07 Å². The molecule has 5 heteroatoms. The number of amides is 1. The number of benzene rings is 1. The Kier molecular flexibility index (Phi) is 4.21. The van der Waals surface area contributed by atoms with Crippen molar-refractivity contribution in [2.24, 2.45) is 5.41 Å². The van der Waals surface area contributed by atoms with Crippen molar-refractivity contribution in [1.82, 2.24) is 5.32 Å². The van der Waals surface area contributed by atoms with Gasteiger partial charge in [-0.15, -0.1) is 0 Å². The lowest BCUT2D eigenvalue weighted by molar-refractivity contribution is -0.151. The van der Waals surface area contributed by atoms with Gasteiger partial charge in [0.2, 0.25) is 0 Å². The van der Waals surface area contributed by atoms with Crippen molar-refractivity contribution in [3.8, 4) is 5.75 Å². The fraction of sp³-hybridized carbons (Fsp3) is 0.500. The molecule has 1 aliphatic carbocycles. The first-order valence-corrected chi connectivity index (χ1v) is 7.18. The summed E-state index contributed by atoms with van der Waals surface area (Å²) in [5, 5.41) is 21.8. The molecule has 0 aromatic heterocycles. The number of carboxylic acid groups (broad SMARTS) is 1. The van der Waals surface area contributed by atoms with Crippen LogP contribution in [0.4, 0.5) is 0 Å². The van der Waals surface area contributed by atoms with E-state index in [1.807, 2.05) is 0 Å². The topological polar surface area (TPSA) is 86.6 Å². The predicted molar refractivity (Wildman–Crippen MR) is 78.3 cm³/mol. The Bertz CT molecular complexity index is 569. The van der Waals surface area contributed by atoms with E-state index in [4.69, 9.17) is 0 Å². The average Bonchev–Trinajstić information content (AvgIpc) is 2.44. The van der Waals surface area contributed by atoms with E-state index in [-0.39, 0.29) is 17.7 Å². The minimum Gasteiger partial charge on any atom is -0.508 e. The highest BCUT2D eigenvalue weighted by Gasteiger charge is 2.43. The third-order valence-electron chi connectivity index (χ3n) is 4.46. The zero-order chi connectivity index (χ0) is 15.6. The van der Waals surface area contributed by atoms with Crippen LogP contribution in [0, 0.1) is 12.3 Å². The zero-order valence-corrected chi connectivity index (χ0v) is 12.3. The molecule has 1 aromatic carbocycles. The molecule has 2 rings (SSSR count). The van der Waals surface area contributed by atoms with E-state index in [2.05, 4.69) is 5.32 Å². The number of rotatable bonds is 3. The van der Waals surface area contributed by atoms with Crippen LogP contribution in [0.3, 0.4) is 0 Å². The first-order chi connectivity index (χ1) is 9.84. The van der Waals surface area contributed by atoms with Gasteiger partial charge < -0.3 is 15.5 Å². The zero-order valence-electron chi connectivity index (χ0n) is 12.3. The summed E-state index contributed by atoms with van der Waals surface area (Å²) in [4.78, 5) is 23.8. The molecule has 1 aliphatic rings. The van der Waals surface area contributed by atoms with E-state index in [0.29, 0.717) is 24.0 Å². The molecule has 0 bridgehead atoms. The van der Waals surface area contributed by atoms with Gasteiger partial charge in [-0.2, -0.15) is 0 Å². The minimum absolute atomic E-state index is 0.139. The van der Waals surface area contributed by atoms with Gasteiger partial charge in [-0.25, -0.2) is 0 Å². The number of nitrogens with one attached hydrogen (secondary N) is 1. The van der Waals surface area contributed by atoms with Crippen LogP contribution < -0.4 is 5.32 Å². The summed E-state index contributed by atoms with van der Waals surface area (Å²) in [5.41, 5.74) is 0.135. The Morgan fingerprint density at radius 3 is 2.67 bits per heavy atom. The van der Waals surface area contributed by atoms with Crippen molar-refractivity contribution in [3.63, 3.8) is 0 Å². The molecule has 0 radical (unpaired) electrons. The van der Waals surface area contributed by atoms with Gasteiger partial charge in [-0.05, 0) is 50.5 Å². The maximum absolute atomic E-state index is 12.3. The molecule has 1 saturated carbocycles. The number of carbonyl (C=O) groups excluding carboxylic acids is 1. The monoisotopic (exact) mass is 291 g/mol. The highest BCUT2D eigenvalue weighted by molar-refractivity contribution is 5.95. The molecule has 0 heterocycles. The fourth-order valence-electron chi connectivity index (χ4n) is 2.86. The summed E-state index contributed by atoms with van der Waals surface area (Å²) >= 11 is 0. The molecule has 0 aliphatic heterocycles. The minimum atomic E-state index is -0.917. The van der Waals surface area contributed by atoms with Crippen LogP contribution in [0.1, 0.15) is 48.5 Å².